The average molecular weight is 167 g/mol. The second kappa shape index (κ2) is 4.09. The Bertz CT molecular complexity index is 129. The summed E-state index contributed by atoms with van der Waals surface area (Å²) in [5.74, 6) is 0. The molecule has 4 nitrogen and oxygen atoms in total. The van der Waals surface area contributed by atoms with Crippen molar-refractivity contribution in [1.29, 1.82) is 0 Å². The molecule has 0 rings (SSSR count). The highest BCUT2D eigenvalue weighted by molar-refractivity contribution is 7.51. The Morgan fingerprint density at radius 1 is 1.60 bits per heavy atom. The number of hydrogen-bond donors (Lipinski definition) is 3. The van der Waals surface area contributed by atoms with E-state index in [-0.39, 0.29) is 12.2 Å². The van der Waals surface area contributed by atoms with Crippen LogP contribution in [-0.4, -0.2) is 29.0 Å². The fourth-order valence-corrected chi connectivity index (χ4v) is 1.73. The van der Waals surface area contributed by atoms with E-state index in [4.69, 9.17) is 9.79 Å². The minimum absolute atomic E-state index is 0.0687. The zero-order chi connectivity index (χ0) is 8.20. The first-order valence-electron chi connectivity index (χ1n) is 3.21. The van der Waals surface area contributed by atoms with Gasteiger partial charge in [0, 0.05) is 6.04 Å². The fraction of sp³-hybridized carbons (Fsp3) is 1.00. The number of hydrogen-bond acceptors (Lipinski definition) is 2. The molecule has 0 spiro atoms. The van der Waals surface area contributed by atoms with Crippen molar-refractivity contribution in [1.82, 2.24) is 5.32 Å². The van der Waals surface area contributed by atoms with Gasteiger partial charge < -0.3 is 15.1 Å². The predicted molar refractivity (Wildman–Crippen MR) is 40.0 cm³/mol. The van der Waals surface area contributed by atoms with E-state index >= 15 is 0 Å². The van der Waals surface area contributed by atoms with Gasteiger partial charge in [0.25, 0.3) is 0 Å². The van der Waals surface area contributed by atoms with Crippen molar-refractivity contribution in [2.45, 2.75) is 19.4 Å². The molecule has 0 aliphatic heterocycles. The second-order valence-corrected chi connectivity index (χ2v) is 3.94. The summed E-state index contributed by atoms with van der Waals surface area (Å²) in [7, 11) is -2.12. The zero-order valence-corrected chi connectivity index (χ0v) is 7.14. The lowest BCUT2D eigenvalue weighted by Gasteiger charge is -2.13. The van der Waals surface area contributed by atoms with Crippen LogP contribution in [0.3, 0.4) is 0 Å². The van der Waals surface area contributed by atoms with Crippen molar-refractivity contribution < 1.29 is 14.4 Å². The number of rotatable bonds is 4. The van der Waals surface area contributed by atoms with Crippen LogP contribution in [0.2, 0.25) is 0 Å². The third-order valence-corrected chi connectivity index (χ3v) is 2.28. The van der Waals surface area contributed by atoms with Crippen LogP contribution >= 0.6 is 7.60 Å². The summed E-state index contributed by atoms with van der Waals surface area (Å²) >= 11 is 0. The van der Waals surface area contributed by atoms with Crippen LogP contribution in [0.4, 0.5) is 0 Å². The fourth-order valence-electron chi connectivity index (χ4n) is 0.712. The smallest absolute Gasteiger partial charge is 0.324 e. The van der Waals surface area contributed by atoms with Gasteiger partial charge in [-0.25, -0.2) is 0 Å². The molecule has 62 valence electrons. The van der Waals surface area contributed by atoms with E-state index in [1.54, 1.807) is 7.05 Å². The van der Waals surface area contributed by atoms with E-state index < -0.39 is 7.60 Å². The van der Waals surface area contributed by atoms with Crippen LogP contribution in [0, 0.1) is 0 Å². The van der Waals surface area contributed by atoms with Gasteiger partial charge in [0.15, 0.2) is 0 Å². The maximum atomic E-state index is 10.4. The van der Waals surface area contributed by atoms with Crippen LogP contribution in [0.15, 0.2) is 0 Å². The van der Waals surface area contributed by atoms with Gasteiger partial charge in [-0.15, -0.1) is 0 Å². The van der Waals surface area contributed by atoms with Gasteiger partial charge in [-0.3, -0.25) is 4.57 Å². The molecule has 10 heavy (non-hydrogen) atoms. The molecule has 1 unspecified atom stereocenters. The van der Waals surface area contributed by atoms with Gasteiger partial charge in [0.2, 0.25) is 0 Å². The van der Waals surface area contributed by atoms with Crippen molar-refractivity contribution in [2.24, 2.45) is 0 Å². The predicted octanol–water partition coefficient (Wildman–Crippen LogP) is 0.162. The van der Waals surface area contributed by atoms with Crippen molar-refractivity contribution in [2.75, 3.05) is 13.2 Å². The van der Waals surface area contributed by atoms with E-state index in [2.05, 4.69) is 5.32 Å². The van der Waals surface area contributed by atoms with Crippen LogP contribution in [0.1, 0.15) is 13.3 Å². The maximum Gasteiger partial charge on any atom is 0.327 e. The summed E-state index contributed by atoms with van der Waals surface area (Å²) in [6, 6.07) is -0.0687. The zero-order valence-electron chi connectivity index (χ0n) is 6.24. The summed E-state index contributed by atoms with van der Waals surface area (Å²) in [5, 5.41) is 2.82. The third kappa shape index (κ3) is 4.94. The maximum absolute atomic E-state index is 10.4. The lowest BCUT2D eigenvalue weighted by molar-refractivity contribution is 0.364. The number of nitrogens with one attached hydrogen (secondary N) is 1. The van der Waals surface area contributed by atoms with E-state index in [9.17, 15) is 4.57 Å². The molecule has 0 aromatic carbocycles. The Morgan fingerprint density at radius 3 is 2.20 bits per heavy atom. The highest BCUT2D eigenvalue weighted by atomic mass is 31.2. The van der Waals surface area contributed by atoms with E-state index in [1.165, 1.54) is 0 Å². The molecule has 0 saturated carbocycles. The average Bonchev–Trinajstić information content (AvgIpc) is 1.81. The molecule has 0 heterocycles. The lowest BCUT2D eigenvalue weighted by Crippen LogP contribution is -2.27. The highest BCUT2D eigenvalue weighted by Gasteiger charge is 2.18. The minimum Gasteiger partial charge on any atom is -0.324 e. The quantitative estimate of drug-likeness (QED) is 0.522. The van der Waals surface area contributed by atoms with Gasteiger partial charge >= 0.3 is 7.60 Å². The largest absolute Gasteiger partial charge is 0.327 e. The first-order chi connectivity index (χ1) is 4.49. The highest BCUT2D eigenvalue weighted by Crippen LogP contribution is 2.35. The molecule has 0 amide bonds. The second-order valence-electron chi connectivity index (χ2n) is 2.24. The summed E-state index contributed by atoms with van der Waals surface area (Å²) in [4.78, 5) is 17.0. The van der Waals surface area contributed by atoms with Crippen LogP contribution in [-0.2, 0) is 4.57 Å². The first kappa shape index (κ1) is 10.1. The first-order valence-corrected chi connectivity index (χ1v) is 5.01. The SMILES string of the molecule is CCC(CP(=O)(O)O)NC. The Morgan fingerprint density at radius 2 is 2.10 bits per heavy atom. The Labute approximate surface area is 60.8 Å². The van der Waals surface area contributed by atoms with E-state index in [0.29, 0.717) is 0 Å². The summed E-state index contributed by atoms with van der Waals surface area (Å²) in [6.45, 7) is 1.89. The van der Waals surface area contributed by atoms with Crippen molar-refractivity contribution in [3.8, 4) is 0 Å². The van der Waals surface area contributed by atoms with Gasteiger partial charge in [-0.2, -0.15) is 0 Å². The molecule has 0 fully saturated rings. The van der Waals surface area contributed by atoms with Gasteiger partial charge in [0.1, 0.15) is 0 Å². The molecule has 0 bridgehead atoms. The van der Waals surface area contributed by atoms with Gasteiger partial charge in [-0.05, 0) is 13.5 Å². The van der Waals surface area contributed by atoms with Crippen LogP contribution in [0.5, 0.6) is 0 Å². The molecule has 5 heteroatoms. The minimum atomic E-state index is -3.82. The molecule has 3 N–H and O–H groups in total. The molecule has 0 radical (unpaired) electrons. The normalized spacial score (nSPS) is 15.2. The molecule has 0 aromatic rings. The molecular weight excluding hydrogens is 153 g/mol. The Kier molecular flexibility index (Phi) is 4.13. The van der Waals surface area contributed by atoms with Crippen molar-refractivity contribution in [3.63, 3.8) is 0 Å². The molecule has 0 saturated heterocycles. The van der Waals surface area contributed by atoms with Gasteiger partial charge in [-0.1, -0.05) is 6.92 Å². The van der Waals surface area contributed by atoms with Crippen LogP contribution in [0.25, 0.3) is 0 Å². The standard InChI is InChI=1S/C5H14NO3P/c1-3-5(6-2)4-10(7,8)9/h5-6H,3-4H2,1-2H3,(H2,7,8,9). The van der Waals surface area contributed by atoms with E-state index in [0.717, 1.165) is 6.42 Å². The van der Waals surface area contributed by atoms with E-state index in [1.807, 2.05) is 6.92 Å². The molecule has 0 aliphatic rings. The molecule has 0 aliphatic carbocycles. The summed E-state index contributed by atoms with van der Waals surface area (Å²) in [6.07, 6.45) is 0.668. The third-order valence-electron chi connectivity index (χ3n) is 1.36. The molecule has 0 aromatic heterocycles. The summed E-state index contributed by atoms with van der Waals surface area (Å²) < 4.78 is 10.4. The Balaban J connectivity index is 3.75. The summed E-state index contributed by atoms with van der Waals surface area (Å²) in [5.41, 5.74) is 0. The topological polar surface area (TPSA) is 69.6 Å². The monoisotopic (exact) mass is 167 g/mol. The van der Waals surface area contributed by atoms with Crippen LogP contribution < -0.4 is 5.32 Å². The van der Waals surface area contributed by atoms with Gasteiger partial charge in [0.05, 0.1) is 6.16 Å². The van der Waals surface area contributed by atoms with Crippen molar-refractivity contribution >= 4 is 7.60 Å². The molecule has 1 atom stereocenters. The van der Waals surface area contributed by atoms with Crippen molar-refractivity contribution in [3.05, 3.63) is 0 Å². The molecular formula is C5H14NO3P. The lowest BCUT2D eigenvalue weighted by atomic mass is 10.3. The Hall–Kier alpha value is 0.110.